The SMILES string of the molecule is CC(O)C(=O)OC(O)(OC(=O)C(C)O)C(O)CCCCO. The van der Waals surface area contributed by atoms with Gasteiger partial charge >= 0.3 is 17.9 Å². The van der Waals surface area contributed by atoms with E-state index in [1.165, 1.54) is 0 Å². The number of hydrogen-bond acceptors (Lipinski definition) is 9. The Hall–Kier alpha value is -1.26. The Morgan fingerprint density at radius 3 is 1.76 bits per heavy atom. The third-order valence-electron chi connectivity index (χ3n) is 2.48. The number of unbranched alkanes of at least 4 members (excludes halogenated alkanes) is 1. The van der Waals surface area contributed by atoms with Crippen LogP contribution in [0.1, 0.15) is 33.1 Å². The summed E-state index contributed by atoms with van der Waals surface area (Å²) in [6.45, 7) is 1.96. The highest BCUT2D eigenvalue weighted by molar-refractivity contribution is 5.76. The highest BCUT2D eigenvalue weighted by atomic mass is 16.9. The van der Waals surface area contributed by atoms with Gasteiger partial charge in [-0.2, -0.15) is 0 Å². The molecule has 124 valence electrons. The molecule has 0 aromatic heterocycles. The van der Waals surface area contributed by atoms with Gasteiger partial charge in [0, 0.05) is 6.61 Å². The van der Waals surface area contributed by atoms with Crippen LogP contribution >= 0.6 is 0 Å². The minimum atomic E-state index is -3.03. The third-order valence-corrected chi connectivity index (χ3v) is 2.48. The predicted octanol–water partition coefficient (Wildman–Crippen LogP) is -2.00. The lowest BCUT2D eigenvalue weighted by atomic mass is 10.1. The molecule has 0 heterocycles. The second-order valence-corrected chi connectivity index (χ2v) is 4.56. The minimum absolute atomic E-state index is 0.147. The van der Waals surface area contributed by atoms with Crippen LogP contribution in [0.2, 0.25) is 0 Å². The van der Waals surface area contributed by atoms with Crippen LogP contribution in [0, 0.1) is 0 Å². The van der Waals surface area contributed by atoms with Crippen LogP contribution in [0.4, 0.5) is 0 Å². The molecule has 0 aliphatic rings. The van der Waals surface area contributed by atoms with E-state index in [0.29, 0.717) is 6.42 Å². The molecule has 0 rings (SSSR count). The average Bonchev–Trinajstić information content (AvgIpc) is 2.38. The maximum absolute atomic E-state index is 11.3. The first kappa shape index (κ1) is 19.7. The summed E-state index contributed by atoms with van der Waals surface area (Å²) in [6, 6.07) is 0. The molecule has 0 aliphatic carbocycles. The lowest BCUT2D eigenvalue weighted by Gasteiger charge is -2.31. The van der Waals surface area contributed by atoms with Gasteiger partial charge in [0.2, 0.25) is 0 Å². The Labute approximate surface area is 121 Å². The lowest BCUT2D eigenvalue weighted by Crippen LogP contribution is -2.52. The lowest BCUT2D eigenvalue weighted by molar-refractivity contribution is -0.365. The van der Waals surface area contributed by atoms with Crippen molar-refractivity contribution < 1.29 is 44.6 Å². The largest absolute Gasteiger partial charge is 0.401 e. The molecule has 0 aliphatic heterocycles. The van der Waals surface area contributed by atoms with Crippen molar-refractivity contribution in [2.75, 3.05) is 6.61 Å². The first-order valence-electron chi connectivity index (χ1n) is 6.47. The molecule has 0 amide bonds. The molecule has 9 nitrogen and oxygen atoms in total. The summed E-state index contributed by atoms with van der Waals surface area (Å²) in [6.07, 6.45) is -4.65. The van der Waals surface area contributed by atoms with Crippen LogP contribution in [0.25, 0.3) is 0 Å². The number of carbonyl (C=O) groups is 2. The summed E-state index contributed by atoms with van der Waals surface area (Å²) in [4.78, 5) is 22.6. The Morgan fingerprint density at radius 1 is 1.00 bits per heavy atom. The van der Waals surface area contributed by atoms with Crippen molar-refractivity contribution in [2.24, 2.45) is 0 Å². The quantitative estimate of drug-likeness (QED) is 0.185. The Bertz CT molecular complexity index is 318. The van der Waals surface area contributed by atoms with Crippen molar-refractivity contribution in [1.82, 2.24) is 0 Å². The first-order chi connectivity index (χ1) is 9.64. The van der Waals surface area contributed by atoms with Crippen molar-refractivity contribution in [3.63, 3.8) is 0 Å². The summed E-state index contributed by atoms with van der Waals surface area (Å²) in [7, 11) is 0. The molecule has 3 atom stereocenters. The maximum Gasteiger partial charge on any atom is 0.401 e. The minimum Gasteiger partial charge on any atom is -0.396 e. The first-order valence-corrected chi connectivity index (χ1v) is 6.47. The van der Waals surface area contributed by atoms with Crippen molar-refractivity contribution in [1.29, 1.82) is 0 Å². The maximum atomic E-state index is 11.3. The molecule has 0 radical (unpaired) electrons. The van der Waals surface area contributed by atoms with Gasteiger partial charge in [0.1, 0.15) is 12.2 Å². The van der Waals surface area contributed by atoms with E-state index in [0.717, 1.165) is 13.8 Å². The van der Waals surface area contributed by atoms with Crippen molar-refractivity contribution >= 4 is 11.9 Å². The van der Waals surface area contributed by atoms with E-state index in [2.05, 4.69) is 9.47 Å². The van der Waals surface area contributed by atoms with Gasteiger partial charge in [-0.05, 0) is 33.1 Å². The highest BCUT2D eigenvalue weighted by Crippen LogP contribution is 2.21. The summed E-state index contributed by atoms with van der Waals surface area (Å²) in [5.41, 5.74) is 0. The van der Waals surface area contributed by atoms with Gasteiger partial charge in [0.05, 0.1) is 0 Å². The number of aliphatic hydroxyl groups is 5. The predicted molar refractivity (Wildman–Crippen MR) is 67.4 cm³/mol. The molecule has 0 fully saturated rings. The van der Waals surface area contributed by atoms with Gasteiger partial charge in [0.25, 0.3) is 0 Å². The average molecular weight is 310 g/mol. The zero-order chi connectivity index (χ0) is 16.6. The number of carbonyl (C=O) groups excluding carboxylic acids is 2. The normalized spacial score (nSPS) is 18.2. The summed E-state index contributed by atoms with van der Waals surface area (Å²) in [5, 5.41) is 46.5. The molecule has 0 saturated heterocycles. The molecule has 9 heteroatoms. The van der Waals surface area contributed by atoms with E-state index in [1.807, 2.05) is 0 Å². The molecule has 0 aromatic rings. The fourth-order valence-corrected chi connectivity index (χ4v) is 1.25. The summed E-state index contributed by atoms with van der Waals surface area (Å²) >= 11 is 0. The molecule has 0 aromatic carbocycles. The van der Waals surface area contributed by atoms with E-state index >= 15 is 0 Å². The second-order valence-electron chi connectivity index (χ2n) is 4.56. The van der Waals surface area contributed by atoms with Crippen molar-refractivity contribution in [3.8, 4) is 0 Å². The third kappa shape index (κ3) is 6.82. The molecular formula is C12H22O9. The van der Waals surface area contributed by atoms with Crippen LogP contribution in [0.15, 0.2) is 0 Å². The topological polar surface area (TPSA) is 154 Å². The van der Waals surface area contributed by atoms with Gasteiger partial charge in [-0.15, -0.1) is 0 Å². The fraction of sp³-hybridized carbons (Fsp3) is 0.833. The van der Waals surface area contributed by atoms with Crippen LogP contribution < -0.4 is 0 Å². The summed E-state index contributed by atoms with van der Waals surface area (Å²) in [5.74, 6) is -5.67. The summed E-state index contributed by atoms with van der Waals surface area (Å²) < 4.78 is 8.83. The van der Waals surface area contributed by atoms with Gasteiger partial charge < -0.3 is 35.0 Å². The Kier molecular flexibility index (Phi) is 8.37. The standard InChI is InChI=1S/C12H22O9/c1-7(14)10(17)20-12(19,21-11(18)8(2)15)9(16)5-3-4-6-13/h7-9,13-16,19H,3-6H2,1-2H3. The molecule has 0 saturated carbocycles. The van der Waals surface area contributed by atoms with E-state index in [-0.39, 0.29) is 19.4 Å². The van der Waals surface area contributed by atoms with E-state index < -0.39 is 36.2 Å². The molecule has 21 heavy (non-hydrogen) atoms. The van der Waals surface area contributed by atoms with E-state index in [1.54, 1.807) is 0 Å². The highest BCUT2D eigenvalue weighted by Gasteiger charge is 2.45. The fourth-order valence-electron chi connectivity index (χ4n) is 1.25. The molecule has 0 spiro atoms. The monoisotopic (exact) mass is 310 g/mol. The van der Waals surface area contributed by atoms with Crippen LogP contribution in [-0.4, -0.2) is 68.4 Å². The molecule has 3 unspecified atom stereocenters. The van der Waals surface area contributed by atoms with E-state index in [9.17, 15) is 19.8 Å². The van der Waals surface area contributed by atoms with Crippen molar-refractivity contribution in [2.45, 2.75) is 57.4 Å². The van der Waals surface area contributed by atoms with E-state index in [4.69, 9.17) is 15.3 Å². The van der Waals surface area contributed by atoms with Gasteiger partial charge in [-0.25, -0.2) is 9.59 Å². The Balaban J connectivity index is 4.96. The molecule has 5 N–H and O–H groups in total. The molecule has 0 bridgehead atoms. The number of rotatable bonds is 9. The smallest absolute Gasteiger partial charge is 0.396 e. The van der Waals surface area contributed by atoms with Crippen LogP contribution in [-0.2, 0) is 19.1 Å². The zero-order valence-corrected chi connectivity index (χ0v) is 11.9. The second kappa shape index (κ2) is 8.90. The zero-order valence-electron chi connectivity index (χ0n) is 11.9. The number of esters is 2. The Morgan fingerprint density at radius 2 is 1.43 bits per heavy atom. The van der Waals surface area contributed by atoms with Gasteiger partial charge in [-0.1, -0.05) is 0 Å². The van der Waals surface area contributed by atoms with Crippen LogP contribution in [0.5, 0.6) is 0 Å². The van der Waals surface area contributed by atoms with Crippen molar-refractivity contribution in [3.05, 3.63) is 0 Å². The van der Waals surface area contributed by atoms with Crippen LogP contribution in [0.3, 0.4) is 0 Å². The van der Waals surface area contributed by atoms with Gasteiger partial charge in [-0.3, -0.25) is 0 Å². The number of aliphatic hydroxyl groups excluding tert-OH is 4. The number of hydrogen-bond donors (Lipinski definition) is 5. The number of ether oxygens (including phenoxy) is 2. The van der Waals surface area contributed by atoms with Gasteiger partial charge in [0.15, 0.2) is 6.10 Å². The molecular weight excluding hydrogens is 288 g/mol.